The maximum Gasteiger partial charge on any atom is 0.223 e. The molecule has 1 amide bonds. The number of aromatic nitrogens is 1. The quantitative estimate of drug-likeness (QED) is 0.767. The number of H-pyrrole nitrogens is 1. The predicted molar refractivity (Wildman–Crippen MR) is 92.0 cm³/mol. The van der Waals surface area contributed by atoms with Crippen LogP contribution in [0.2, 0.25) is 0 Å². The number of nitrogens with zero attached hydrogens (tertiary/aromatic N) is 1. The highest BCUT2D eigenvalue weighted by Crippen LogP contribution is 2.39. The van der Waals surface area contributed by atoms with Crippen LogP contribution in [-0.2, 0) is 11.3 Å². The maximum atomic E-state index is 12.4. The zero-order valence-electron chi connectivity index (χ0n) is 13.3. The van der Waals surface area contributed by atoms with Crippen molar-refractivity contribution in [2.24, 2.45) is 0 Å². The molecule has 1 aliphatic heterocycles. The molecule has 1 fully saturated rings. The molecule has 0 spiro atoms. The Morgan fingerprint density at radius 3 is 2.65 bits per heavy atom. The molecule has 116 valence electrons. The molecular weight excluding hydrogens is 284 g/mol. The first-order valence-electron chi connectivity index (χ1n) is 8.14. The first-order chi connectivity index (χ1) is 11.2. The second-order valence-electron chi connectivity index (χ2n) is 6.27. The van der Waals surface area contributed by atoms with E-state index in [0.717, 1.165) is 11.9 Å². The maximum absolute atomic E-state index is 12.4. The minimum atomic E-state index is 0.166. The molecular formula is C20H20N2O. The summed E-state index contributed by atoms with van der Waals surface area (Å²) < 4.78 is 0. The summed E-state index contributed by atoms with van der Waals surface area (Å²) in [6.07, 6.45) is 1.53. The van der Waals surface area contributed by atoms with Crippen molar-refractivity contribution in [2.75, 3.05) is 0 Å². The second kappa shape index (κ2) is 5.58. The van der Waals surface area contributed by atoms with E-state index in [2.05, 4.69) is 42.2 Å². The Bertz CT molecular complexity index is 850. The van der Waals surface area contributed by atoms with Crippen molar-refractivity contribution in [1.82, 2.24) is 9.88 Å². The van der Waals surface area contributed by atoms with Gasteiger partial charge in [-0.15, -0.1) is 0 Å². The summed E-state index contributed by atoms with van der Waals surface area (Å²) >= 11 is 0. The highest BCUT2D eigenvalue weighted by atomic mass is 16.2. The van der Waals surface area contributed by atoms with E-state index in [-0.39, 0.29) is 11.9 Å². The summed E-state index contributed by atoms with van der Waals surface area (Å²) in [6, 6.07) is 18.8. The summed E-state index contributed by atoms with van der Waals surface area (Å²) in [5.41, 5.74) is 4.79. The van der Waals surface area contributed by atoms with Crippen LogP contribution in [0.15, 0.2) is 54.6 Å². The van der Waals surface area contributed by atoms with Gasteiger partial charge in [0.1, 0.15) is 0 Å². The van der Waals surface area contributed by atoms with Crippen LogP contribution in [-0.4, -0.2) is 15.8 Å². The summed E-state index contributed by atoms with van der Waals surface area (Å²) in [5, 5.41) is 1.24. The van der Waals surface area contributed by atoms with Crippen molar-refractivity contribution >= 4 is 16.8 Å². The summed E-state index contributed by atoms with van der Waals surface area (Å²) in [5.74, 6) is 0.253. The standard InChI is InChI=1S/C20H20N2O/c1-14-20(16-9-5-6-10-17(16)21-14)18-11-12-19(23)22(18)13-15-7-3-2-4-8-15/h2-10,18,21H,11-13H2,1H3/t18-/m0/s1. The number of fused-ring (bicyclic) bond motifs is 1. The van der Waals surface area contributed by atoms with Gasteiger partial charge >= 0.3 is 0 Å². The molecule has 1 aliphatic rings. The lowest BCUT2D eigenvalue weighted by atomic mass is 10.0. The lowest BCUT2D eigenvalue weighted by molar-refractivity contribution is -0.129. The molecule has 1 atom stereocenters. The van der Waals surface area contributed by atoms with Gasteiger partial charge in [0.25, 0.3) is 0 Å². The van der Waals surface area contributed by atoms with E-state index in [1.54, 1.807) is 0 Å². The first-order valence-corrected chi connectivity index (χ1v) is 8.14. The Labute approximate surface area is 135 Å². The van der Waals surface area contributed by atoms with Gasteiger partial charge in [0.05, 0.1) is 6.04 Å². The van der Waals surface area contributed by atoms with Crippen LogP contribution in [0.25, 0.3) is 10.9 Å². The Morgan fingerprint density at radius 1 is 1.09 bits per heavy atom. The third-order valence-electron chi connectivity index (χ3n) is 4.80. The number of rotatable bonds is 3. The normalized spacial score (nSPS) is 18.0. The average molecular weight is 304 g/mol. The molecule has 3 aromatic rings. The van der Waals surface area contributed by atoms with Gasteiger partial charge in [-0.2, -0.15) is 0 Å². The number of hydrogen-bond acceptors (Lipinski definition) is 1. The van der Waals surface area contributed by atoms with Crippen molar-refractivity contribution in [3.05, 3.63) is 71.4 Å². The number of hydrogen-bond donors (Lipinski definition) is 1. The number of nitrogens with one attached hydrogen (secondary N) is 1. The molecule has 1 aromatic heterocycles. The number of likely N-dealkylation sites (tertiary alicyclic amines) is 1. The summed E-state index contributed by atoms with van der Waals surface area (Å²) in [7, 11) is 0. The molecule has 0 radical (unpaired) electrons. The minimum Gasteiger partial charge on any atom is -0.358 e. The van der Waals surface area contributed by atoms with Gasteiger partial charge in [0.2, 0.25) is 5.91 Å². The van der Waals surface area contributed by atoms with E-state index in [1.807, 2.05) is 29.2 Å². The van der Waals surface area contributed by atoms with E-state index in [9.17, 15) is 4.79 Å². The third kappa shape index (κ3) is 2.42. The van der Waals surface area contributed by atoms with Crippen LogP contribution in [0.4, 0.5) is 0 Å². The van der Waals surface area contributed by atoms with Crippen LogP contribution in [0, 0.1) is 6.92 Å². The Morgan fingerprint density at radius 2 is 1.83 bits per heavy atom. The molecule has 3 heteroatoms. The van der Waals surface area contributed by atoms with Crippen molar-refractivity contribution < 1.29 is 4.79 Å². The smallest absolute Gasteiger partial charge is 0.223 e. The Kier molecular flexibility index (Phi) is 3.41. The molecule has 0 saturated carbocycles. The monoisotopic (exact) mass is 304 g/mol. The molecule has 0 bridgehead atoms. The SMILES string of the molecule is Cc1[nH]c2ccccc2c1[C@@H]1CCC(=O)N1Cc1ccccc1. The number of benzene rings is 2. The molecule has 3 nitrogen and oxygen atoms in total. The fourth-order valence-corrected chi connectivity index (χ4v) is 3.74. The number of amides is 1. The van der Waals surface area contributed by atoms with Crippen LogP contribution in [0.3, 0.4) is 0 Å². The van der Waals surface area contributed by atoms with E-state index < -0.39 is 0 Å². The van der Waals surface area contributed by atoms with Gasteiger partial charge in [-0.3, -0.25) is 4.79 Å². The van der Waals surface area contributed by atoms with Crippen molar-refractivity contribution in [3.63, 3.8) is 0 Å². The number of carbonyl (C=O) groups excluding carboxylic acids is 1. The van der Waals surface area contributed by atoms with Crippen LogP contribution in [0.5, 0.6) is 0 Å². The van der Waals surface area contributed by atoms with Gasteiger partial charge in [-0.25, -0.2) is 0 Å². The van der Waals surface area contributed by atoms with Crippen molar-refractivity contribution in [1.29, 1.82) is 0 Å². The fourth-order valence-electron chi connectivity index (χ4n) is 3.74. The highest BCUT2D eigenvalue weighted by molar-refractivity contribution is 5.87. The number of para-hydroxylation sites is 1. The Balaban J connectivity index is 1.74. The van der Waals surface area contributed by atoms with Crippen molar-refractivity contribution in [2.45, 2.75) is 32.4 Å². The number of aromatic amines is 1. The van der Waals surface area contributed by atoms with E-state index in [0.29, 0.717) is 13.0 Å². The first kappa shape index (κ1) is 14.1. The lowest BCUT2D eigenvalue weighted by Crippen LogP contribution is -2.27. The molecule has 2 aromatic carbocycles. The lowest BCUT2D eigenvalue weighted by Gasteiger charge is -2.25. The zero-order chi connectivity index (χ0) is 15.8. The molecule has 0 unspecified atom stereocenters. The zero-order valence-corrected chi connectivity index (χ0v) is 13.3. The van der Waals surface area contributed by atoms with Crippen LogP contribution in [0.1, 0.15) is 35.7 Å². The van der Waals surface area contributed by atoms with Gasteiger partial charge in [-0.05, 0) is 25.0 Å². The fraction of sp³-hybridized carbons (Fsp3) is 0.250. The van der Waals surface area contributed by atoms with E-state index in [1.165, 1.54) is 22.2 Å². The molecule has 2 heterocycles. The predicted octanol–water partition coefficient (Wildman–Crippen LogP) is 4.34. The van der Waals surface area contributed by atoms with Crippen LogP contribution < -0.4 is 0 Å². The van der Waals surface area contributed by atoms with Gasteiger partial charge in [0, 0.05) is 35.1 Å². The molecule has 0 aliphatic carbocycles. The van der Waals surface area contributed by atoms with E-state index in [4.69, 9.17) is 0 Å². The second-order valence-corrected chi connectivity index (χ2v) is 6.27. The van der Waals surface area contributed by atoms with Crippen molar-refractivity contribution in [3.8, 4) is 0 Å². The van der Waals surface area contributed by atoms with Gasteiger partial charge < -0.3 is 9.88 Å². The highest BCUT2D eigenvalue weighted by Gasteiger charge is 2.34. The molecule has 1 saturated heterocycles. The molecule has 1 N–H and O–H groups in total. The number of carbonyl (C=O) groups is 1. The summed E-state index contributed by atoms with van der Waals surface area (Å²) in [6.45, 7) is 2.79. The summed E-state index contributed by atoms with van der Waals surface area (Å²) in [4.78, 5) is 18.0. The third-order valence-corrected chi connectivity index (χ3v) is 4.80. The average Bonchev–Trinajstić information content (AvgIpc) is 3.08. The topological polar surface area (TPSA) is 36.1 Å². The molecule has 23 heavy (non-hydrogen) atoms. The Hall–Kier alpha value is -2.55. The van der Waals surface area contributed by atoms with Crippen LogP contribution >= 0.6 is 0 Å². The molecule has 4 rings (SSSR count). The van der Waals surface area contributed by atoms with Gasteiger partial charge in [-0.1, -0.05) is 48.5 Å². The minimum absolute atomic E-state index is 0.166. The number of aryl methyl sites for hydroxylation is 1. The largest absolute Gasteiger partial charge is 0.358 e. The van der Waals surface area contributed by atoms with Gasteiger partial charge in [0.15, 0.2) is 0 Å². The van der Waals surface area contributed by atoms with E-state index >= 15 is 0 Å².